The van der Waals surface area contributed by atoms with Crippen molar-refractivity contribution in [1.29, 1.82) is 0 Å². The summed E-state index contributed by atoms with van der Waals surface area (Å²) < 4.78 is 0. The van der Waals surface area contributed by atoms with Gasteiger partial charge in [-0.2, -0.15) is 0 Å². The Balaban J connectivity index is -0.000000126. The molecule has 0 aliphatic carbocycles. The van der Waals surface area contributed by atoms with Crippen LogP contribution < -0.4 is 10.4 Å². The van der Waals surface area contributed by atoms with E-state index in [0.717, 1.165) is 19.3 Å². The Labute approximate surface area is 91.2 Å². The van der Waals surface area contributed by atoms with Crippen molar-refractivity contribution in [3.63, 3.8) is 0 Å². The van der Waals surface area contributed by atoms with Crippen molar-refractivity contribution in [3.05, 3.63) is 0 Å². The maximum atomic E-state index is 9.90. The zero-order chi connectivity index (χ0) is 9.11. The maximum Gasteiger partial charge on any atom is 2.00 e. The smallest absolute Gasteiger partial charge is 0.852 e. The van der Waals surface area contributed by atoms with Crippen LogP contribution in [0.25, 0.3) is 0 Å². The first-order valence-electron chi connectivity index (χ1n) is 4.09. The number of hydrogen-bond acceptors (Lipinski definition) is 3. The first-order valence-corrected chi connectivity index (χ1v) is 4.09. The van der Waals surface area contributed by atoms with Gasteiger partial charge in [-0.05, 0) is 6.42 Å². The molecule has 0 fully saturated rings. The first-order chi connectivity index (χ1) is 5.18. The normalized spacial score (nSPS) is 10.8. The molecule has 0 aromatic rings. The second-order valence-electron chi connectivity index (χ2n) is 2.39. The van der Waals surface area contributed by atoms with Gasteiger partial charge in [-0.25, -0.2) is 0 Å². The summed E-state index contributed by atoms with van der Waals surface area (Å²) in [5.74, 6) is 0. The van der Waals surface area contributed by atoms with E-state index in [1.165, 1.54) is 0 Å². The van der Waals surface area contributed by atoms with Gasteiger partial charge in [0.15, 0.2) is 0 Å². The summed E-state index contributed by atoms with van der Waals surface area (Å²) in [5.41, 5.74) is 0. The standard InChI is InChI=1S/C4H10O2.C4H9O.Mg/c1-2-3-4-6-5;1-3-4(2)5;/h5H,2-4H2,1H3;4H,3H2,1-2H3;/q;-1;+2/p-1. The molecule has 0 heterocycles. The molecule has 3 nitrogen and oxygen atoms in total. The van der Waals surface area contributed by atoms with Gasteiger partial charge < -0.3 is 15.3 Å². The molecule has 1 unspecified atom stereocenters. The first kappa shape index (κ1) is 18.4. The van der Waals surface area contributed by atoms with E-state index in [2.05, 4.69) is 4.89 Å². The van der Waals surface area contributed by atoms with Gasteiger partial charge in [0, 0.05) is 6.61 Å². The molecule has 0 amide bonds. The van der Waals surface area contributed by atoms with E-state index >= 15 is 0 Å². The van der Waals surface area contributed by atoms with Gasteiger partial charge in [-0.1, -0.05) is 33.6 Å². The molecule has 0 N–H and O–H groups in total. The van der Waals surface area contributed by atoms with Crippen LogP contribution in [-0.4, -0.2) is 35.8 Å². The molecular formula is C8H18MgO3. The van der Waals surface area contributed by atoms with E-state index in [1.807, 2.05) is 13.8 Å². The third-order valence-electron chi connectivity index (χ3n) is 1.16. The Bertz CT molecular complexity index is 56.3. The Kier molecular flexibility index (Phi) is 27.1. The summed E-state index contributed by atoms with van der Waals surface area (Å²) >= 11 is 0. The van der Waals surface area contributed by atoms with Crippen LogP contribution in [0.15, 0.2) is 0 Å². The number of rotatable bonds is 4. The Morgan fingerprint density at radius 2 is 1.75 bits per heavy atom. The third kappa shape index (κ3) is 31.1. The molecule has 0 radical (unpaired) electrons. The molecule has 0 bridgehead atoms. The van der Waals surface area contributed by atoms with Crippen molar-refractivity contribution >= 4 is 23.1 Å². The second kappa shape index (κ2) is 17.7. The van der Waals surface area contributed by atoms with Crippen molar-refractivity contribution < 1.29 is 15.3 Å². The Hall–Kier alpha value is 0.646. The predicted octanol–water partition coefficient (Wildman–Crippen LogP) is -0.157. The molecule has 70 valence electrons. The molecule has 0 aromatic carbocycles. The maximum absolute atomic E-state index is 9.90. The number of hydrogen-bond donors (Lipinski definition) is 0. The quantitative estimate of drug-likeness (QED) is 0.265. The summed E-state index contributed by atoms with van der Waals surface area (Å²) in [6.07, 6.45) is 2.29. The fourth-order valence-electron chi connectivity index (χ4n) is 0.203. The monoisotopic (exact) mass is 186 g/mol. The van der Waals surface area contributed by atoms with E-state index in [-0.39, 0.29) is 29.2 Å². The van der Waals surface area contributed by atoms with Crippen molar-refractivity contribution in [2.45, 2.75) is 46.1 Å². The summed E-state index contributed by atoms with van der Waals surface area (Å²) in [6.45, 7) is 5.92. The van der Waals surface area contributed by atoms with Gasteiger partial charge in [-0.15, -0.1) is 6.10 Å². The zero-order valence-electron chi connectivity index (χ0n) is 8.34. The van der Waals surface area contributed by atoms with Gasteiger partial charge in [0.05, 0.1) is 0 Å². The molecule has 0 aliphatic rings. The average molecular weight is 187 g/mol. The fourth-order valence-corrected chi connectivity index (χ4v) is 0.203. The van der Waals surface area contributed by atoms with E-state index in [1.54, 1.807) is 6.92 Å². The molecule has 0 spiro atoms. The zero-order valence-corrected chi connectivity index (χ0v) is 9.75. The molecule has 0 rings (SSSR count). The van der Waals surface area contributed by atoms with Crippen LogP contribution in [0, 0.1) is 0 Å². The topological polar surface area (TPSA) is 55.3 Å². The van der Waals surface area contributed by atoms with Gasteiger partial charge in [0.1, 0.15) is 0 Å². The minimum absolute atomic E-state index is 0. The number of unbranched alkanes of at least 4 members (excludes halogenated alkanes) is 1. The SMILES string of the molecule is CCC(C)[O-].CCCCO[O-].[Mg+2]. The van der Waals surface area contributed by atoms with Crippen molar-refractivity contribution in [2.24, 2.45) is 0 Å². The van der Waals surface area contributed by atoms with Gasteiger partial charge in [0.2, 0.25) is 0 Å². The predicted molar refractivity (Wildman–Crippen MR) is 46.4 cm³/mol. The van der Waals surface area contributed by atoms with Crippen molar-refractivity contribution in [3.8, 4) is 0 Å². The van der Waals surface area contributed by atoms with Crippen LogP contribution >= 0.6 is 0 Å². The molecule has 12 heavy (non-hydrogen) atoms. The minimum atomic E-state index is -0.366. The Morgan fingerprint density at radius 3 is 1.83 bits per heavy atom. The van der Waals surface area contributed by atoms with E-state index in [4.69, 9.17) is 0 Å². The minimum Gasteiger partial charge on any atom is -0.852 e. The summed E-state index contributed by atoms with van der Waals surface area (Å²) in [6, 6.07) is 0. The molecule has 0 saturated heterocycles. The summed E-state index contributed by atoms with van der Waals surface area (Å²) in [5, 5.41) is 19.1. The van der Waals surface area contributed by atoms with E-state index in [9.17, 15) is 10.4 Å². The molecule has 4 heteroatoms. The Morgan fingerprint density at radius 1 is 1.33 bits per heavy atom. The molecule has 0 aliphatic heterocycles. The van der Waals surface area contributed by atoms with Crippen LogP contribution in [0.1, 0.15) is 40.0 Å². The van der Waals surface area contributed by atoms with Gasteiger partial charge in [0.25, 0.3) is 0 Å². The van der Waals surface area contributed by atoms with E-state index in [0.29, 0.717) is 6.61 Å². The summed E-state index contributed by atoms with van der Waals surface area (Å²) in [7, 11) is 0. The average Bonchev–Trinajstić information content (AvgIpc) is 2.02. The third-order valence-corrected chi connectivity index (χ3v) is 1.16. The molecular weight excluding hydrogens is 168 g/mol. The molecule has 0 saturated carbocycles. The molecule has 0 aromatic heterocycles. The summed E-state index contributed by atoms with van der Waals surface area (Å²) in [4.78, 5) is 3.53. The van der Waals surface area contributed by atoms with Crippen LogP contribution in [0.4, 0.5) is 0 Å². The van der Waals surface area contributed by atoms with E-state index < -0.39 is 0 Å². The van der Waals surface area contributed by atoms with Crippen LogP contribution in [0.3, 0.4) is 0 Å². The fraction of sp³-hybridized carbons (Fsp3) is 1.00. The largest absolute Gasteiger partial charge is 2.00 e. The van der Waals surface area contributed by atoms with Crippen molar-refractivity contribution in [1.82, 2.24) is 0 Å². The van der Waals surface area contributed by atoms with Crippen LogP contribution in [0.2, 0.25) is 0 Å². The van der Waals surface area contributed by atoms with Crippen molar-refractivity contribution in [2.75, 3.05) is 6.61 Å². The second-order valence-corrected chi connectivity index (χ2v) is 2.39. The van der Waals surface area contributed by atoms with Gasteiger partial charge in [-0.3, -0.25) is 0 Å². The van der Waals surface area contributed by atoms with Crippen LogP contribution in [0.5, 0.6) is 0 Å². The van der Waals surface area contributed by atoms with Crippen LogP contribution in [-0.2, 0) is 4.89 Å². The molecule has 1 atom stereocenters. The van der Waals surface area contributed by atoms with Gasteiger partial charge >= 0.3 is 23.1 Å².